The van der Waals surface area contributed by atoms with Crippen molar-refractivity contribution < 1.29 is 24.2 Å². The molecular formula is C19H35NO5S. The second kappa shape index (κ2) is 12.4. The predicted molar refractivity (Wildman–Crippen MR) is 106 cm³/mol. The summed E-state index contributed by atoms with van der Waals surface area (Å²) in [6.07, 6.45) is 1.09. The SMILES string of the molecule is C=C(C)C(=O)OCC(O)COC(=O)CCSC(C)(CC)CC(N)C(C)C. The summed E-state index contributed by atoms with van der Waals surface area (Å²) in [5.41, 5.74) is 6.44. The van der Waals surface area contributed by atoms with Crippen molar-refractivity contribution in [3.63, 3.8) is 0 Å². The van der Waals surface area contributed by atoms with Crippen molar-refractivity contribution in [1.29, 1.82) is 0 Å². The van der Waals surface area contributed by atoms with Crippen LogP contribution in [0.25, 0.3) is 0 Å². The van der Waals surface area contributed by atoms with E-state index in [1.807, 2.05) is 0 Å². The molecule has 26 heavy (non-hydrogen) atoms. The van der Waals surface area contributed by atoms with Crippen molar-refractivity contribution in [3.05, 3.63) is 12.2 Å². The van der Waals surface area contributed by atoms with E-state index in [0.717, 1.165) is 12.8 Å². The highest BCUT2D eigenvalue weighted by molar-refractivity contribution is 8.00. The summed E-state index contributed by atoms with van der Waals surface area (Å²) in [6.45, 7) is 13.1. The van der Waals surface area contributed by atoms with Gasteiger partial charge in [-0.25, -0.2) is 4.79 Å². The van der Waals surface area contributed by atoms with Gasteiger partial charge in [0.25, 0.3) is 0 Å². The molecule has 0 bridgehead atoms. The maximum Gasteiger partial charge on any atom is 0.333 e. The summed E-state index contributed by atoms with van der Waals surface area (Å²) in [5, 5.41) is 9.67. The van der Waals surface area contributed by atoms with Gasteiger partial charge in [-0.1, -0.05) is 34.3 Å². The Bertz CT molecular complexity index is 469. The van der Waals surface area contributed by atoms with Crippen LogP contribution >= 0.6 is 11.8 Å². The Balaban J connectivity index is 4.10. The fraction of sp³-hybridized carbons (Fsp3) is 0.789. The lowest BCUT2D eigenvalue weighted by Gasteiger charge is -2.32. The van der Waals surface area contributed by atoms with E-state index in [1.54, 1.807) is 11.8 Å². The molecule has 0 aliphatic rings. The first-order valence-electron chi connectivity index (χ1n) is 9.06. The molecule has 3 N–H and O–H groups in total. The molecule has 3 unspecified atom stereocenters. The molecule has 0 aliphatic heterocycles. The molecule has 0 saturated heterocycles. The standard InChI is InChI=1S/C19H35NO5S/c1-7-19(6,10-16(20)13(2)3)26-9-8-17(22)24-11-15(21)12-25-18(23)14(4)5/h13,15-16,21H,4,7-12,20H2,1-3,5-6H3. The summed E-state index contributed by atoms with van der Waals surface area (Å²) >= 11 is 1.73. The summed E-state index contributed by atoms with van der Waals surface area (Å²) in [7, 11) is 0. The lowest BCUT2D eigenvalue weighted by Crippen LogP contribution is -2.35. The van der Waals surface area contributed by atoms with E-state index >= 15 is 0 Å². The third-order valence-corrected chi connectivity index (χ3v) is 5.78. The normalized spacial score (nSPS) is 15.8. The van der Waals surface area contributed by atoms with Gasteiger partial charge in [-0.15, -0.1) is 0 Å². The topological polar surface area (TPSA) is 98.9 Å². The van der Waals surface area contributed by atoms with Crippen molar-refractivity contribution in [2.45, 2.75) is 70.8 Å². The Morgan fingerprint density at radius 1 is 1.27 bits per heavy atom. The zero-order chi connectivity index (χ0) is 20.3. The number of thioether (sulfide) groups is 1. The predicted octanol–water partition coefficient (Wildman–Crippen LogP) is 2.68. The van der Waals surface area contributed by atoms with Crippen LogP contribution in [-0.4, -0.2) is 52.9 Å². The van der Waals surface area contributed by atoms with Gasteiger partial charge in [0.1, 0.15) is 19.3 Å². The van der Waals surface area contributed by atoms with E-state index in [9.17, 15) is 14.7 Å². The van der Waals surface area contributed by atoms with Crippen LogP contribution in [0.1, 0.15) is 53.9 Å². The van der Waals surface area contributed by atoms with E-state index in [1.165, 1.54) is 6.92 Å². The summed E-state index contributed by atoms with van der Waals surface area (Å²) in [4.78, 5) is 23.0. The lowest BCUT2D eigenvalue weighted by molar-refractivity contribution is -0.150. The maximum atomic E-state index is 11.8. The Morgan fingerprint density at radius 3 is 2.35 bits per heavy atom. The smallest absolute Gasteiger partial charge is 0.333 e. The van der Waals surface area contributed by atoms with Gasteiger partial charge < -0.3 is 20.3 Å². The molecule has 3 atom stereocenters. The second-order valence-corrected chi connectivity index (χ2v) is 8.91. The van der Waals surface area contributed by atoms with Crippen LogP contribution in [0.15, 0.2) is 12.2 Å². The minimum absolute atomic E-state index is 0.0280. The fourth-order valence-electron chi connectivity index (χ4n) is 2.02. The lowest BCUT2D eigenvalue weighted by atomic mass is 9.92. The number of esters is 2. The number of hydrogen-bond donors (Lipinski definition) is 2. The summed E-state index contributed by atoms with van der Waals surface area (Å²) < 4.78 is 9.85. The summed E-state index contributed by atoms with van der Waals surface area (Å²) in [6, 6.07) is 0.136. The molecule has 0 aliphatic carbocycles. The molecule has 0 saturated carbocycles. The van der Waals surface area contributed by atoms with Crippen molar-refractivity contribution in [2.24, 2.45) is 11.7 Å². The first kappa shape index (κ1) is 24.9. The molecule has 0 aromatic rings. The number of aliphatic hydroxyl groups is 1. The van der Waals surface area contributed by atoms with Crippen LogP contribution in [0.3, 0.4) is 0 Å². The minimum atomic E-state index is -1.04. The number of hydrogen-bond acceptors (Lipinski definition) is 7. The van der Waals surface area contributed by atoms with Gasteiger partial charge in [0.05, 0.1) is 6.42 Å². The molecule has 7 heteroatoms. The van der Waals surface area contributed by atoms with Crippen LogP contribution in [0.4, 0.5) is 0 Å². The summed E-state index contributed by atoms with van der Waals surface area (Å²) in [5.74, 6) is 0.0980. The first-order chi connectivity index (χ1) is 12.0. The Labute approximate surface area is 161 Å². The second-order valence-electron chi connectivity index (χ2n) is 7.23. The quantitative estimate of drug-likeness (QED) is 0.369. The average molecular weight is 390 g/mol. The van der Waals surface area contributed by atoms with Gasteiger partial charge in [-0.05, 0) is 25.7 Å². The number of rotatable bonds is 13. The van der Waals surface area contributed by atoms with Gasteiger partial charge in [0.15, 0.2) is 0 Å². The third kappa shape index (κ3) is 10.8. The maximum absolute atomic E-state index is 11.8. The van der Waals surface area contributed by atoms with Crippen LogP contribution in [0.5, 0.6) is 0 Å². The van der Waals surface area contributed by atoms with Crippen molar-refractivity contribution in [1.82, 2.24) is 0 Å². The van der Waals surface area contributed by atoms with E-state index in [2.05, 4.69) is 34.3 Å². The number of ether oxygens (including phenoxy) is 2. The molecular weight excluding hydrogens is 354 g/mol. The molecule has 6 nitrogen and oxygen atoms in total. The van der Waals surface area contributed by atoms with Crippen molar-refractivity contribution in [2.75, 3.05) is 19.0 Å². The average Bonchev–Trinajstić information content (AvgIpc) is 2.57. The number of carbonyl (C=O) groups excluding carboxylic acids is 2. The molecule has 0 spiro atoms. The molecule has 152 valence electrons. The fourth-order valence-corrected chi connectivity index (χ4v) is 3.30. The van der Waals surface area contributed by atoms with E-state index in [0.29, 0.717) is 11.7 Å². The highest BCUT2D eigenvalue weighted by atomic mass is 32.2. The molecule has 0 aromatic heterocycles. The highest BCUT2D eigenvalue weighted by Gasteiger charge is 2.27. The highest BCUT2D eigenvalue weighted by Crippen LogP contribution is 2.34. The number of carbonyl (C=O) groups is 2. The van der Waals surface area contributed by atoms with Gasteiger partial charge in [0, 0.05) is 22.1 Å². The van der Waals surface area contributed by atoms with Gasteiger partial charge in [-0.3, -0.25) is 4.79 Å². The number of aliphatic hydroxyl groups excluding tert-OH is 1. The molecule has 0 aromatic carbocycles. The zero-order valence-electron chi connectivity index (χ0n) is 16.7. The van der Waals surface area contributed by atoms with Crippen molar-refractivity contribution in [3.8, 4) is 0 Å². The van der Waals surface area contributed by atoms with E-state index < -0.39 is 12.1 Å². The molecule has 0 radical (unpaired) electrons. The largest absolute Gasteiger partial charge is 0.463 e. The van der Waals surface area contributed by atoms with Gasteiger partial charge in [-0.2, -0.15) is 11.8 Å². The third-order valence-electron chi connectivity index (χ3n) is 4.22. The van der Waals surface area contributed by atoms with Crippen LogP contribution in [-0.2, 0) is 19.1 Å². The van der Waals surface area contributed by atoms with Crippen LogP contribution in [0.2, 0.25) is 0 Å². The monoisotopic (exact) mass is 389 g/mol. The van der Waals surface area contributed by atoms with Crippen LogP contribution < -0.4 is 5.73 Å². The minimum Gasteiger partial charge on any atom is -0.463 e. The van der Waals surface area contributed by atoms with E-state index in [-0.39, 0.29) is 42.0 Å². The van der Waals surface area contributed by atoms with Crippen LogP contribution in [0, 0.1) is 5.92 Å². The molecule has 0 rings (SSSR count). The van der Waals surface area contributed by atoms with Gasteiger partial charge in [0.2, 0.25) is 0 Å². The Kier molecular flexibility index (Phi) is 11.9. The molecule has 0 fully saturated rings. The van der Waals surface area contributed by atoms with Gasteiger partial charge >= 0.3 is 11.9 Å². The number of nitrogens with two attached hydrogens (primary N) is 1. The first-order valence-corrected chi connectivity index (χ1v) is 10.0. The zero-order valence-corrected chi connectivity index (χ0v) is 17.6. The molecule has 0 heterocycles. The Hall–Kier alpha value is -1.05. The molecule has 0 amide bonds. The Morgan fingerprint density at radius 2 is 1.85 bits per heavy atom. The van der Waals surface area contributed by atoms with E-state index in [4.69, 9.17) is 15.2 Å². The van der Waals surface area contributed by atoms with Crippen molar-refractivity contribution >= 4 is 23.7 Å².